The minimum Gasteiger partial charge on any atom is -0.324 e. The van der Waals surface area contributed by atoms with E-state index in [1.54, 1.807) is 0 Å². The van der Waals surface area contributed by atoms with Gasteiger partial charge in [0.05, 0.1) is 12.2 Å². The molecule has 2 aliphatic carbocycles. The summed E-state index contributed by atoms with van der Waals surface area (Å²) in [6.07, 6.45) is 5.63. The number of fused-ring (bicyclic) bond motifs is 2. The predicted molar refractivity (Wildman–Crippen MR) is 84.6 cm³/mol. The third-order valence-electron chi connectivity index (χ3n) is 4.72. The minimum atomic E-state index is 0.0278. The Hall–Kier alpha value is -0.870. The number of benzene rings is 1. The second-order valence-corrected chi connectivity index (χ2v) is 6.95. The van der Waals surface area contributed by atoms with E-state index in [2.05, 4.69) is 26.6 Å². The van der Waals surface area contributed by atoms with Gasteiger partial charge < -0.3 is 10.6 Å². The maximum absolute atomic E-state index is 11.9. The number of nitrogens with one attached hydrogen (secondary N) is 2. The van der Waals surface area contributed by atoms with Crippen LogP contribution in [0.4, 0.5) is 5.69 Å². The maximum atomic E-state index is 11.9. The molecule has 3 unspecified atom stereocenters. The summed E-state index contributed by atoms with van der Waals surface area (Å²) in [5, 5.41) is 6.25. The Morgan fingerprint density at radius 1 is 1.25 bits per heavy atom. The van der Waals surface area contributed by atoms with Crippen LogP contribution >= 0.6 is 15.9 Å². The van der Waals surface area contributed by atoms with Gasteiger partial charge in [0.25, 0.3) is 0 Å². The Morgan fingerprint density at radius 2 is 2.10 bits per heavy atom. The van der Waals surface area contributed by atoms with Crippen LogP contribution in [0.25, 0.3) is 0 Å². The lowest BCUT2D eigenvalue weighted by molar-refractivity contribution is -0.115. The van der Waals surface area contributed by atoms with E-state index < -0.39 is 0 Å². The highest BCUT2D eigenvalue weighted by molar-refractivity contribution is 9.10. The molecular weight excluding hydrogens is 316 g/mol. The number of carbonyl (C=O) groups excluding carboxylic acids is 1. The fourth-order valence-electron chi connectivity index (χ4n) is 3.75. The van der Waals surface area contributed by atoms with Crippen LogP contribution in [0.3, 0.4) is 0 Å². The highest BCUT2D eigenvalue weighted by Crippen LogP contribution is 2.47. The van der Waals surface area contributed by atoms with E-state index in [1.165, 1.54) is 25.7 Å². The van der Waals surface area contributed by atoms with E-state index in [9.17, 15) is 4.79 Å². The summed E-state index contributed by atoms with van der Waals surface area (Å²) in [4.78, 5) is 11.9. The zero-order valence-corrected chi connectivity index (χ0v) is 13.2. The van der Waals surface area contributed by atoms with Crippen LogP contribution in [0.1, 0.15) is 25.7 Å². The highest BCUT2D eigenvalue weighted by Gasteiger charge is 2.38. The van der Waals surface area contributed by atoms with E-state index in [4.69, 9.17) is 0 Å². The van der Waals surface area contributed by atoms with E-state index in [1.807, 2.05) is 24.3 Å². The van der Waals surface area contributed by atoms with Gasteiger partial charge in [-0.05, 0) is 71.6 Å². The first-order chi connectivity index (χ1) is 9.72. The third-order valence-corrected chi connectivity index (χ3v) is 5.42. The molecule has 2 bridgehead atoms. The summed E-state index contributed by atoms with van der Waals surface area (Å²) in [6, 6.07) is 7.69. The summed E-state index contributed by atoms with van der Waals surface area (Å²) < 4.78 is 0.918. The van der Waals surface area contributed by atoms with Crippen LogP contribution in [-0.2, 0) is 4.79 Å². The molecule has 2 N–H and O–H groups in total. The molecule has 4 heteroatoms. The summed E-state index contributed by atoms with van der Waals surface area (Å²) >= 11 is 3.43. The van der Waals surface area contributed by atoms with Gasteiger partial charge in [-0.2, -0.15) is 0 Å². The molecule has 1 aromatic rings. The molecule has 2 fully saturated rings. The molecule has 0 heterocycles. The molecule has 2 aliphatic rings. The summed E-state index contributed by atoms with van der Waals surface area (Å²) in [7, 11) is 0. The number of halogens is 1. The number of rotatable bonds is 5. The van der Waals surface area contributed by atoms with Crippen molar-refractivity contribution in [3.05, 3.63) is 28.7 Å². The van der Waals surface area contributed by atoms with Gasteiger partial charge in [-0.1, -0.05) is 18.6 Å². The van der Waals surface area contributed by atoms with Crippen molar-refractivity contribution in [3.63, 3.8) is 0 Å². The maximum Gasteiger partial charge on any atom is 0.238 e. The smallest absolute Gasteiger partial charge is 0.238 e. The van der Waals surface area contributed by atoms with Gasteiger partial charge in [0, 0.05) is 4.47 Å². The second kappa shape index (κ2) is 6.27. The Labute approximate surface area is 128 Å². The number of hydrogen-bond acceptors (Lipinski definition) is 2. The van der Waals surface area contributed by atoms with Crippen molar-refractivity contribution in [2.24, 2.45) is 17.8 Å². The molecule has 0 saturated heterocycles. The van der Waals surface area contributed by atoms with Crippen molar-refractivity contribution in [3.8, 4) is 0 Å². The van der Waals surface area contributed by atoms with Crippen molar-refractivity contribution < 1.29 is 4.79 Å². The van der Waals surface area contributed by atoms with Crippen LogP contribution < -0.4 is 10.6 Å². The van der Waals surface area contributed by atoms with E-state index in [0.29, 0.717) is 6.54 Å². The topological polar surface area (TPSA) is 41.1 Å². The Balaban J connectivity index is 1.40. The first kappa shape index (κ1) is 14.1. The predicted octanol–water partition coefficient (Wildman–Crippen LogP) is 3.41. The monoisotopic (exact) mass is 336 g/mol. The standard InChI is InChI=1S/C16H21BrN2O/c17-14-3-1-2-4-15(14)19-16(20)10-18-9-13-8-11-5-6-12(13)7-11/h1-4,11-13,18H,5-10H2,(H,19,20). The highest BCUT2D eigenvalue weighted by atomic mass is 79.9. The van der Waals surface area contributed by atoms with Crippen LogP contribution in [0, 0.1) is 17.8 Å². The Bertz CT molecular complexity index is 491. The molecule has 0 spiro atoms. The summed E-state index contributed by atoms with van der Waals surface area (Å²) in [6.45, 7) is 1.39. The first-order valence-electron chi connectivity index (χ1n) is 7.47. The molecule has 3 atom stereocenters. The van der Waals surface area contributed by atoms with E-state index in [-0.39, 0.29) is 5.91 Å². The van der Waals surface area contributed by atoms with Gasteiger partial charge in [0.15, 0.2) is 0 Å². The molecule has 2 saturated carbocycles. The van der Waals surface area contributed by atoms with E-state index in [0.717, 1.165) is 34.5 Å². The van der Waals surface area contributed by atoms with Crippen molar-refractivity contribution in [1.29, 1.82) is 0 Å². The number of carbonyl (C=O) groups is 1. The lowest BCUT2D eigenvalue weighted by Crippen LogP contribution is -2.33. The number of hydrogen-bond donors (Lipinski definition) is 2. The average molecular weight is 337 g/mol. The van der Waals surface area contributed by atoms with Gasteiger partial charge in [-0.15, -0.1) is 0 Å². The minimum absolute atomic E-state index is 0.0278. The van der Waals surface area contributed by atoms with Gasteiger partial charge in [-0.3, -0.25) is 4.79 Å². The quantitative estimate of drug-likeness (QED) is 0.864. The van der Waals surface area contributed by atoms with Crippen LogP contribution in [0.2, 0.25) is 0 Å². The largest absolute Gasteiger partial charge is 0.324 e. The fourth-order valence-corrected chi connectivity index (χ4v) is 4.14. The average Bonchev–Trinajstić information content (AvgIpc) is 3.04. The Kier molecular flexibility index (Phi) is 4.41. The van der Waals surface area contributed by atoms with Crippen LogP contribution in [-0.4, -0.2) is 19.0 Å². The molecule has 0 radical (unpaired) electrons. The molecular formula is C16H21BrN2O. The zero-order chi connectivity index (χ0) is 13.9. The first-order valence-corrected chi connectivity index (χ1v) is 8.27. The molecule has 3 rings (SSSR count). The van der Waals surface area contributed by atoms with Crippen molar-refractivity contribution in [2.45, 2.75) is 25.7 Å². The molecule has 3 nitrogen and oxygen atoms in total. The zero-order valence-electron chi connectivity index (χ0n) is 11.6. The molecule has 108 valence electrons. The fraction of sp³-hybridized carbons (Fsp3) is 0.562. The molecule has 0 aromatic heterocycles. The van der Waals surface area contributed by atoms with Crippen LogP contribution in [0.5, 0.6) is 0 Å². The van der Waals surface area contributed by atoms with Gasteiger partial charge in [0.1, 0.15) is 0 Å². The number of para-hydroxylation sites is 1. The molecule has 1 aromatic carbocycles. The molecule has 20 heavy (non-hydrogen) atoms. The van der Waals surface area contributed by atoms with Crippen LogP contribution in [0.15, 0.2) is 28.7 Å². The number of amides is 1. The molecule has 1 amide bonds. The SMILES string of the molecule is O=C(CNCC1CC2CCC1C2)Nc1ccccc1Br. The van der Waals surface area contributed by atoms with Crippen molar-refractivity contribution >= 4 is 27.5 Å². The number of anilines is 1. The second-order valence-electron chi connectivity index (χ2n) is 6.09. The lowest BCUT2D eigenvalue weighted by atomic mass is 9.89. The lowest BCUT2D eigenvalue weighted by Gasteiger charge is -2.21. The third kappa shape index (κ3) is 3.23. The van der Waals surface area contributed by atoms with Gasteiger partial charge >= 0.3 is 0 Å². The van der Waals surface area contributed by atoms with Crippen molar-refractivity contribution in [2.75, 3.05) is 18.4 Å². The van der Waals surface area contributed by atoms with Crippen molar-refractivity contribution in [1.82, 2.24) is 5.32 Å². The van der Waals surface area contributed by atoms with Gasteiger partial charge in [-0.25, -0.2) is 0 Å². The normalized spacial score (nSPS) is 27.8. The summed E-state index contributed by atoms with van der Waals surface area (Å²) in [5.74, 6) is 2.71. The summed E-state index contributed by atoms with van der Waals surface area (Å²) in [5.41, 5.74) is 0.833. The van der Waals surface area contributed by atoms with E-state index >= 15 is 0 Å². The molecule has 0 aliphatic heterocycles. The van der Waals surface area contributed by atoms with Gasteiger partial charge in [0.2, 0.25) is 5.91 Å². The Morgan fingerprint density at radius 3 is 2.80 bits per heavy atom.